The lowest BCUT2D eigenvalue weighted by Gasteiger charge is -2.19. The van der Waals surface area contributed by atoms with Gasteiger partial charge in [-0.3, -0.25) is 0 Å². The monoisotopic (exact) mass is 222 g/mol. The zero-order chi connectivity index (χ0) is 10.7. The van der Waals surface area contributed by atoms with Crippen LogP contribution in [0.15, 0.2) is 18.2 Å². The number of hydrogen-bond donors (Lipinski definition) is 1. The summed E-state index contributed by atoms with van der Waals surface area (Å²) in [6.45, 7) is 2.34. The fraction of sp³-hybridized carbons (Fsp3) is 0.500. The summed E-state index contributed by atoms with van der Waals surface area (Å²) < 4.78 is 0. The Morgan fingerprint density at radius 3 is 3.13 bits per heavy atom. The summed E-state index contributed by atoms with van der Waals surface area (Å²) in [6.07, 6.45) is 4.59. The molecular formula is C12H18N2S. The number of anilines is 2. The molecule has 82 valence electrons. The van der Waals surface area contributed by atoms with Crippen molar-refractivity contribution in [2.75, 3.05) is 35.7 Å². The van der Waals surface area contributed by atoms with Gasteiger partial charge in [-0.1, -0.05) is 0 Å². The third-order valence-electron chi connectivity index (χ3n) is 2.87. The second-order valence-corrected chi connectivity index (χ2v) is 4.96. The molecule has 3 heteroatoms. The minimum Gasteiger partial charge on any atom is -0.399 e. The molecule has 0 amide bonds. The Kier molecular flexibility index (Phi) is 3.41. The molecule has 2 N–H and O–H groups in total. The molecular weight excluding hydrogens is 204 g/mol. The molecule has 1 aromatic rings. The minimum absolute atomic E-state index is 0.889. The summed E-state index contributed by atoms with van der Waals surface area (Å²) in [5.74, 6) is 1.25. The van der Waals surface area contributed by atoms with E-state index in [0.717, 1.165) is 18.7 Å². The fourth-order valence-electron chi connectivity index (χ4n) is 2.12. The van der Waals surface area contributed by atoms with Crippen molar-refractivity contribution in [3.05, 3.63) is 23.8 Å². The van der Waals surface area contributed by atoms with Gasteiger partial charge in [-0.15, -0.1) is 0 Å². The normalized spacial score (nSPS) is 14.3. The van der Waals surface area contributed by atoms with Crippen molar-refractivity contribution >= 4 is 23.1 Å². The van der Waals surface area contributed by atoms with E-state index in [1.165, 1.54) is 30.0 Å². The number of nitrogens with two attached hydrogens (primary N) is 1. The first-order chi connectivity index (χ1) is 7.31. The van der Waals surface area contributed by atoms with Gasteiger partial charge in [-0.2, -0.15) is 11.8 Å². The molecule has 15 heavy (non-hydrogen) atoms. The average Bonchev–Trinajstić information content (AvgIpc) is 2.61. The molecule has 1 aliphatic rings. The second kappa shape index (κ2) is 4.79. The summed E-state index contributed by atoms with van der Waals surface area (Å²) in [7, 11) is 0. The highest BCUT2D eigenvalue weighted by atomic mass is 32.2. The number of hydrogen-bond acceptors (Lipinski definition) is 3. The summed E-state index contributed by atoms with van der Waals surface area (Å²) in [5.41, 5.74) is 9.47. The van der Waals surface area contributed by atoms with Crippen LogP contribution in [0.4, 0.5) is 11.4 Å². The first-order valence-corrected chi connectivity index (χ1v) is 6.83. The second-order valence-electron chi connectivity index (χ2n) is 3.97. The summed E-state index contributed by atoms with van der Waals surface area (Å²) in [4.78, 5) is 2.48. The van der Waals surface area contributed by atoms with Gasteiger partial charge in [0.25, 0.3) is 0 Å². The molecule has 0 aliphatic carbocycles. The number of thioether (sulfide) groups is 1. The van der Waals surface area contributed by atoms with Crippen molar-refractivity contribution in [1.29, 1.82) is 0 Å². The quantitative estimate of drug-likeness (QED) is 0.626. The van der Waals surface area contributed by atoms with Crippen LogP contribution in [0.3, 0.4) is 0 Å². The van der Waals surface area contributed by atoms with Crippen LogP contribution in [-0.2, 0) is 6.42 Å². The largest absolute Gasteiger partial charge is 0.399 e. The van der Waals surface area contributed by atoms with Crippen molar-refractivity contribution in [2.45, 2.75) is 12.8 Å². The maximum atomic E-state index is 5.78. The van der Waals surface area contributed by atoms with Crippen LogP contribution < -0.4 is 10.6 Å². The zero-order valence-corrected chi connectivity index (χ0v) is 10.0. The van der Waals surface area contributed by atoms with E-state index < -0.39 is 0 Å². The van der Waals surface area contributed by atoms with Gasteiger partial charge in [0.2, 0.25) is 0 Å². The zero-order valence-electron chi connectivity index (χ0n) is 9.20. The molecule has 0 radical (unpaired) electrons. The number of nitrogen functional groups attached to an aromatic ring is 1. The van der Waals surface area contributed by atoms with Crippen molar-refractivity contribution in [3.63, 3.8) is 0 Å². The van der Waals surface area contributed by atoms with Crippen molar-refractivity contribution in [2.24, 2.45) is 0 Å². The fourth-order valence-corrected chi connectivity index (χ4v) is 2.54. The average molecular weight is 222 g/mol. The predicted octanol–water partition coefficient (Wildman–Crippen LogP) is 2.38. The van der Waals surface area contributed by atoms with E-state index in [4.69, 9.17) is 5.73 Å². The smallest absolute Gasteiger partial charge is 0.0401 e. The Balaban J connectivity index is 2.02. The summed E-state index contributed by atoms with van der Waals surface area (Å²) in [5, 5.41) is 0. The molecule has 0 saturated carbocycles. The third kappa shape index (κ3) is 2.40. The van der Waals surface area contributed by atoms with E-state index in [0.29, 0.717) is 0 Å². The summed E-state index contributed by atoms with van der Waals surface area (Å²) >= 11 is 1.92. The maximum absolute atomic E-state index is 5.78. The molecule has 0 atom stereocenters. The van der Waals surface area contributed by atoms with Crippen LogP contribution in [0, 0.1) is 0 Å². The van der Waals surface area contributed by atoms with E-state index in [-0.39, 0.29) is 0 Å². The lowest BCUT2D eigenvalue weighted by atomic mass is 10.1. The number of fused-ring (bicyclic) bond motifs is 1. The number of benzene rings is 1. The van der Waals surface area contributed by atoms with Gasteiger partial charge >= 0.3 is 0 Å². The van der Waals surface area contributed by atoms with E-state index in [9.17, 15) is 0 Å². The molecule has 1 aliphatic heterocycles. The van der Waals surface area contributed by atoms with E-state index in [1.54, 1.807) is 0 Å². The molecule has 0 bridgehead atoms. The Bertz CT molecular complexity index is 338. The Labute approximate surface area is 95.8 Å². The van der Waals surface area contributed by atoms with E-state index in [2.05, 4.69) is 23.3 Å². The Morgan fingerprint density at radius 2 is 2.33 bits per heavy atom. The Morgan fingerprint density at radius 1 is 1.47 bits per heavy atom. The first kappa shape index (κ1) is 10.7. The van der Waals surface area contributed by atoms with Crippen molar-refractivity contribution < 1.29 is 0 Å². The molecule has 0 spiro atoms. The first-order valence-electron chi connectivity index (χ1n) is 5.43. The van der Waals surface area contributed by atoms with Gasteiger partial charge in [0, 0.05) is 24.5 Å². The topological polar surface area (TPSA) is 29.3 Å². The van der Waals surface area contributed by atoms with Gasteiger partial charge in [-0.05, 0) is 48.6 Å². The SMILES string of the molecule is CSCCCN1CCc2cc(N)ccc21. The van der Waals surface area contributed by atoms with Gasteiger partial charge in [-0.25, -0.2) is 0 Å². The van der Waals surface area contributed by atoms with E-state index in [1.807, 2.05) is 17.8 Å². The van der Waals surface area contributed by atoms with Crippen LogP contribution in [0.1, 0.15) is 12.0 Å². The number of nitrogens with zero attached hydrogens (tertiary/aromatic N) is 1. The molecule has 0 fully saturated rings. The standard InChI is InChI=1S/C12H18N2S/c1-15-8-2-6-14-7-5-10-9-11(13)3-4-12(10)14/h3-4,9H,2,5-8,13H2,1H3. The molecule has 1 heterocycles. The molecule has 1 aromatic carbocycles. The molecule has 2 nitrogen and oxygen atoms in total. The van der Waals surface area contributed by atoms with Gasteiger partial charge in [0.05, 0.1) is 0 Å². The number of rotatable bonds is 4. The van der Waals surface area contributed by atoms with Crippen LogP contribution in [0.5, 0.6) is 0 Å². The maximum Gasteiger partial charge on any atom is 0.0401 e. The van der Waals surface area contributed by atoms with Gasteiger partial charge in [0.1, 0.15) is 0 Å². The van der Waals surface area contributed by atoms with Crippen LogP contribution >= 0.6 is 11.8 Å². The molecule has 0 saturated heterocycles. The van der Waals surface area contributed by atoms with Crippen LogP contribution in [0.25, 0.3) is 0 Å². The molecule has 2 rings (SSSR count). The lowest BCUT2D eigenvalue weighted by Crippen LogP contribution is -2.22. The molecule has 0 unspecified atom stereocenters. The third-order valence-corrected chi connectivity index (χ3v) is 3.57. The van der Waals surface area contributed by atoms with Crippen LogP contribution in [-0.4, -0.2) is 25.1 Å². The van der Waals surface area contributed by atoms with Crippen molar-refractivity contribution in [1.82, 2.24) is 0 Å². The highest BCUT2D eigenvalue weighted by Gasteiger charge is 2.17. The van der Waals surface area contributed by atoms with Gasteiger partial charge < -0.3 is 10.6 Å². The highest BCUT2D eigenvalue weighted by molar-refractivity contribution is 7.98. The Hall–Kier alpha value is -0.830. The molecule has 0 aromatic heterocycles. The van der Waals surface area contributed by atoms with Crippen LogP contribution in [0.2, 0.25) is 0 Å². The highest BCUT2D eigenvalue weighted by Crippen LogP contribution is 2.29. The summed E-state index contributed by atoms with van der Waals surface area (Å²) in [6, 6.07) is 6.28. The lowest BCUT2D eigenvalue weighted by molar-refractivity contribution is 0.802. The predicted molar refractivity (Wildman–Crippen MR) is 69.8 cm³/mol. The van der Waals surface area contributed by atoms with E-state index >= 15 is 0 Å². The minimum atomic E-state index is 0.889. The van der Waals surface area contributed by atoms with Crippen molar-refractivity contribution in [3.8, 4) is 0 Å². The van der Waals surface area contributed by atoms with Gasteiger partial charge in [0.15, 0.2) is 0 Å².